The summed E-state index contributed by atoms with van der Waals surface area (Å²) in [5, 5.41) is 14.1. The van der Waals surface area contributed by atoms with Gasteiger partial charge in [-0.3, -0.25) is 0 Å². The molecule has 4 rings (SSSR count). The molecule has 0 bridgehead atoms. The van der Waals surface area contributed by atoms with E-state index in [1.807, 2.05) is 25.1 Å². The summed E-state index contributed by atoms with van der Waals surface area (Å²) in [6.45, 7) is 1.82. The Morgan fingerprint density at radius 1 is 1.18 bits per heavy atom. The average Bonchev–Trinajstić information content (AvgIpc) is 3.39. The van der Waals surface area contributed by atoms with Crippen molar-refractivity contribution in [2.24, 2.45) is 0 Å². The van der Waals surface area contributed by atoms with Gasteiger partial charge in [0.1, 0.15) is 0 Å². The summed E-state index contributed by atoms with van der Waals surface area (Å²) >= 11 is 0. The number of hydrogen-bond donors (Lipinski definition) is 0. The van der Waals surface area contributed by atoms with E-state index in [-0.39, 0.29) is 12.0 Å². The molecule has 0 radical (unpaired) electrons. The minimum atomic E-state index is -0.578. The molecule has 28 heavy (non-hydrogen) atoms. The Morgan fingerprint density at radius 2 is 2.00 bits per heavy atom. The van der Waals surface area contributed by atoms with Crippen LogP contribution in [0.1, 0.15) is 74.6 Å². The van der Waals surface area contributed by atoms with Gasteiger partial charge in [0, 0.05) is 5.92 Å². The van der Waals surface area contributed by atoms with Gasteiger partial charge in [-0.25, -0.2) is 0 Å². The van der Waals surface area contributed by atoms with Crippen LogP contribution in [0, 0.1) is 18.3 Å². The Labute approximate surface area is 165 Å². The van der Waals surface area contributed by atoms with Crippen LogP contribution in [0.15, 0.2) is 22.7 Å². The number of nitriles is 1. The first-order chi connectivity index (χ1) is 13.6. The molecule has 2 saturated carbocycles. The van der Waals surface area contributed by atoms with Crippen LogP contribution in [0.2, 0.25) is 0 Å². The highest BCUT2D eigenvalue weighted by molar-refractivity contribution is 5.47. The van der Waals surface area contributed by atoms with E-state index in [0.29, 0.717) is 18.1 Å². The van der Waals surface area contributed by atoms with Crippen molar-refractivity contribution in [2.75, 3.05) is 7.11 Å². The molecular weight excluding hydrogens is 354 g/mol. The Balaban J connectivity index is 1.63. The van der Waals surface area contributed by atoms with Gasteiger partial charge in [-0.1, -0.05) is 17.6 Å². The zero-order valence-corrected chi connectivity index (χ0v) is 16.6. The minimum absolute atomic E-state index is 0.107. The van der Waals surface area contributed by atoms with E-state index < -0.39 is 5.41 Å². The molecule has 1 aromatic carbocycles. The van der Waals surface area contributed by atoms with Crippen molar-refractivity contribution in [2.45, 2.75) is 75.7 Å². The van der Waals surface area contributed by atoms with Crippen molar-refractivity contribution in [3.05, 3.63) is 35.5 Å². The van der Waals surface area contributed by atoms with Gasteiger partial charge in [-0.2, -0.15) is 10.2 Å². The van der Waals surface area contributed by atoms with E-state index in [9.17, 15) is 5.26 Å². The SMILES string of the molecule is COc1ccc([C@@]2(C#N)CCC[C@@H](c3nc(C)no3)C2)cc1OC1CCCC1. The lowest BCUT2D eigenvalue weighted by Crippen LogP contribution is -2.31. The third-order valence-corrected chi connectivity index (χ3v) is 6.17. The first kappa shape index (κ1) is 18.8. The first-order valence-corrected chi connectivity index (χ1v) is 10.2. The first-order valence-electron chi connectivity index (χ1n) is 10.2. The maximum absolute atomic E-state index is 10.2. The highest BCUT2D eigenvalue weighted by atomic mass is 16.5. The fourth-order valence-electron chi connectivity index (χ4n) is 4.65. The molecule has 0 aliphatic heterocycles. The van der Waals surface area contributed by atoms with E-state index in [0.717, 1.165) is 49.2 Å². The fraction of sp³-hybridized carbons (Fsp3) is 0.591. The predicted octanol–water partition coefficient (Wildman–Crippen LogP) is 4.83. The second-order valence-electron chi connectivity index (χ2n) is 8.06. The van der Waals surface area contributed by atoms with Gasteiger partial charge in [0.25, 0.3) is 0 Å². The van der Waals surface area contributed by atoms with Crippen LogP contribution in [0.3, 0.4) is 0 Å². The van der Waals surface area contributed by atoms with Crippen molar-refractivity contribution in [3.8, 4) is 17.6 Å². The molecule has 6 nitrogen and oxygen atoms in total. The van der Waals surface area contributed by atoms with Gasteiger partial charge in [0.05, 0.1) is 24.7 Å². The topological polar surface area (TPSA) is 81.2 Å². The molecule has 0 saturated heterocycles. The van der Waals surface area contributed by atoms with E-state index >= 15 is 0 Å². The van der Waals surface area contributed by atoms with E-state index in [1.54, 1.807) is 7.11 Å². The molecule has 148 valence electrons. The zero-order valence-electron chi connectivity index (χ0n) is 16.6. The lowest BCUT2D eigenvalue weighted by molar-refractivity contribution is 0.199. The lowest BCUT2D eigenvalue weighted by Gasteiger charge is -2.35. The quantitative estimate of drug-likeness (QED) is 0.738. The third-order valence-electron chi connectivity index (χ3n) is 6.17. The number of benzene rings is 1. The molecular formula is C22H27N3O3. The molecule has 0 unspecified atom stereocenters. The molecule has 0 spiro atoms. The lowest BCUT2D eigenvalue weighted by atomic mass is 9.66. The number of aromatic nitrogens is 2. The highest BCUT2D eigenvalue weighted by Crippen LogP contribution is 2.47. The van der Waals surface area contributed by atoms with Gasteiger partial charge in [-0.05, 0) is 69.6 Å². The Bertz CT molecular complexity index is 866. The van der Waals surface area contributed by atoms with Crippen molar-refractivity contribution in [3.63, 3.8) is 0 Å². The monoisotopic (exact) mass is 381 g/mol. The molecule has 0 amide bonds. The van der Waals surface area contributed by atoms with Gasteiger partial charge < -0.3 is 14.0 Å². The summed E-state index contributed by atoms with van der Waals surface area (Å²) in [5.41, 5.74) is 0.412. The summed E-state index contributed by atoms with van der Waals surface area (Å²) < 4.78 is 17.2. The van der Waals surface area contributed by atoms with Gasteiger partial charge in [-0.15, -0.1) is 0 Å². The number of methoxy groups -OCH3 is 1. The fourth-order valence-corrected chi connectivity index (χ4v) is 4.65. The van der Waals surface area contributed by atoms with Crippen molar-refractivity contribution in [1.82, 2.24) is 10.1 Å². The van der Waals surface area contributed by atoms with Gasteiger partial charge in [0.2, 0.25) is 5.89 Å². The second-order valence-corrected chi connectivity index (χ2v) is 8.06. The average molecular weight is 381 g/mol. The maximum Gasteiger partial charge on any atom is 0.229 e. The number of hydrogen-bond acceptors (Lipinski definition) is 6. The van der Waals surface area contributed by atoms with Crippen LogP contribution in [-0.4, -0.2) is 23.4 Å². The van der Waals surface area contributed by atoms with Gasteiger partial charge >= 0.3 is 0 Å². The molecule has 1 aromatic heterocycles. The molecule has 2 aliphatic rings. The van der Waals surface area contributed by atoms with Crippen LogP contribution in [0.5, 0.6) is 11.5 Å². The van der Waals surface area contributed by atoms with Crippen LogP contribution in [0.4, 0.5) is 0 Å². The molecule has 2 fully saturated rings. The highest BCUT2D eigenvalue weighted by Gasteiger charge is 2.41. The summed E-state index contributed by atoms with van der Waals surface area (Å²) in [6, 6.07) is 8.56. The Kier molecular flexibility index (Phi) is 5.25. The standard InChI is InChI=1S/C22H27N3O3/c1-15-24-21(28-25-15)16-6-5-11-22(13-16,14-23)17-9-10-19(26-2)20(12-17)27-18-7-3-4-8-18/h9-10,12,16,18H,3-8,11,13H2,1-2H3/t16-,22+/m1/s1. The number of ether oxygens (including phenoxy) is 2. The molecule has 2 aromatic rings. The Hall–Kier alpha value is -2.55. The third kappa shape index (κ3) is 3.58. The van der Waals surface area contributed by atoms with Crippen LogP contribution < -0.4 is 9.47 Å². The van der Waals surface area contributed by atoms with Crippen LogP contribution >= 0.6 is 0 Å². The second kappa shape index (κ2) is 7.83. The number of nitrogens with zero attached hydrogens (tertiary/aromatic N) is 3. The number of rotatable bonds is 5. The minimum Gasteiger partial charge on any atom is -0.493 e. The normalized spacial score (nSPS) is 25.4. The predicted molar refractivity (Wildman–Crippen MR) is 103 cm³/mol. The number of aryl methyl sites for hydroxylation is 1. The largest absolute Gasteiger partial charge is 0.493 e. The molecule has 2 atom stereocenters. The van der Waals surface area contributed by atoms with Crippen molar-refractivity contribution in [1.29, 1.82) is 5.26 Å². The maximum atomic E-state index is 10.2. The van der Waals surface area contributed by atoms with E-state index in [4.69, 9.17) is 14.0 Å². The summed E-state index contributed by atoms with van der Waals surface area (Å²) in [6.07, 6.45) is 8.23. The summed E-state index contributed by atoms with van der Waals surface area (Å²) in [5.74, 6) is 2.87. The van der Waals surface area contributed by atoms with Gasteiger partial charge in [0.15, 0.2) is 17.3 Å². The van der Waals surface area contributed by atoms with Crippen LogP contribution in [0.25, 0.3) is 0 Å². The van der Waals surface area contributed by atoms with Crippen molar-refractivity contribution < 1.29 is 14.0 Å². The van der Waals surface area contributed by atoms with Crippen LogP contribution in [-0.2, 0) is 5.41 Å². The molecule has 0 N–H and O–H groups in total. The summed E-state index contributed by atoms with van der Waals surface area (Å²) in [7, 11) is 1.66. The smallest absolute Gasteiger partial charge is 0.229 e. The molecule has 1 heterocycles. The molecule has 6 heteroatoms. The zero-order chi connectivity index (χ0) is 19.6. The van der Waals surface area contributed by atoms with Crippen molar-refractivity contribution >= 4 is 0 Å². The van der Waals surface area contributed by atoms with E-state index in [2.05, 4.69) is 16.2 Å². The summed E-state index contributed by atoms with van der Waals surface area (Å²) in [4.78, 5) is 4.41. The Morgan fingerprint density at radius 3 is 2.68 bits per heavy atom. The molecule has 2 aliphatic carbocycles. The van der Waals surface area contributed by atoms with E-state index in [1.165, 1.54) is 12.8 Å².